The molecule has 1 amide bonds. The van der Waals surface area contributed by atoms with Crippen molar-refractivity contribution < 1.29 is 9.18 Å². The fraction of sp³-hybridized carbons (Fsp3) is 0.154. The maximum absolute atomic E-state index is 13.4. The third-order valence-electron chi connectivity index (χ3n) is 2.62. The molecule has 0 aliphatic heterocycles. The van der Waals surface area contributed by atoms with Gasteiger partial charge >= 0.3 is 0 Å². The molecule has 0 fully saturated rings. The molecule has 0 atom stereocenters. The average Bonchev–Trinajstić information content (AvgIpc) is 2.86. The van der Waals surface area contributed by atoms with E-state index >= 15 is 0 Å². The third kappa shape index (κ3) is 2.92. The second kappa shape index (κ2) is 5.84. The van der Waals surface area contributed by atoms with Gasteiger partial charge in [-0.3, -0.25) is 9.48 Å². The monoisotopic (exact) mass is 273 g/mol. The van der Waals surface area contributed by atoms with Crippen LogP contribution in [0.3, 0.4) is 0 Å². The summed E-state index contributed by atoms with van der Waals surface area (Å²) < 4.78 is 14.9. The Morgan fingerprint density at radius 1 is 1.55 bits per heavy atom. The Labute approximate surface area is 114 Å². The number of anilines is 2. The number of halogens is 1. The van der Waals surface area contributed by atoms with E-state index in [-0.39, 0.29) is 18.0 Å². The molecule has 7 heteroatoms. The van der Waals surface area contributed by atoms with Crippen LogP contribution in [0.25, 0.3) is 0 Å². The highest BCUT2D eigenvalue weighted by atomic mass is 19.1. The molecule has 2 rings (SSSR count). The Kier molecular flexibility index (Phi) is 3.96. The van der Waals surface area contributed by atoms with Gasteiger partial charge in [-0.2, -0.15) is 10.4 Å². The van der Waals surface area contributed by atoms with E-state index in [2.05, 4.69) is 15.7 Å². The first kappa shape index (κ1) is 13.5. The highest BCUT2D eigenvalue weighted by Crippen LogP contribution is 2.22. The van der Waals surface area contributed by atoms with Crippen molar-refractivity contribution in [3.63, 3.8) is 0 Å². The number of benzene rings is 1. The summed E-state index contributed by atoms with van der Waals surface area (Å²) in [4.78, 5) is 11.2. The van der Waals surface area contributed by atoms with Crippen LogP contribution in [0, 0.1) is 17.1 Å². The highest BCUT2D eigenvalue weighted by molar-refractivity contribution is 5.75. The summed E-state index contributed by atoms with van der Waals surface area (Å²) in [6, 6.07) is 6.13. The van der Waals surface area contributed by atoms with Gasteiger partial charge in [0.2, 0.25) is 5.91 Å². The van der Waals surface area contributed by atoms with Crippen LogP contribution in [0.4, 0.5) is 15.8 Å². The number of aromatic nitrogens is 2. The lowest BCUT2D eigenvalue weighted by atomic mass is 10.2. The number of carbonyl (C=O) groups excluding carboxylic acids is 1. The van der Waals surface area contributed by atoms with Gasteiger partial charge in [-0.1, -0.05) is 6.07 Å². The Morgan fingerprint density at radius 2 is 2.35 bits per heavy atom. The van der Waals surface area contributed by atoms with E-state index in [1.807, 2.05) is 0 Å². The van der Waals surface area contributed by atoms with Crippen LogP contribution < -0.4 is 10.6 Å². The first-order valence-electron chi connectivity index (χ1n) is 5.82. The zero-order valence-electron chi connectivity index (χ0n) is 10.7. The van der Waals surface area contributed by atoms with E-state index in [0.717, 1.165) is 0 Å². The molecule has 0 saturated heterocycles. The van der Waals surface area contributed by atoms with Crippen molar-refractivity contribution in [2.24, 2.45) is 0 Å². The average molecular weight is 273 g/mol. The molecule has 0 unspecified atom stereocenters. The molecule has 6 nitrogen and oxygen atoms in total. The zero-order valence-corrected chi connectivity index (χ0v) is 10.7. The molecule has 1 heterocycles. The molecule has 20 heavy (non-hydrogen) atoms. The van der Waals surface area contributed by atoms with Crippen LogP contribution in [-0.4, -0.2) is 22.7 Å². The summed E-state index contributed by atoms with van der Waals surface area (Å²) in [5.74, 6) is -0.765. The van der Waals surface area contributed by atoms with Gasteiger partial charge in [-0.25, -0.2) is 4.39 Å². The van der Waals surface area contributed by atoms with E-state index in [4.69, 9.17) is 5.26 Å². The van der Waals surface area contributed by atoms with Gasteiger partial charge in [0, 0.05) is 13.2 Å². The normalized spacial score (nSPS) is 9.85. The summed E-state index contributed by atoms with van der Waals surface area (Å²) in [5, 5.41) is 18.3. The third-order valence-corrected chi connectivity index (χ3v) is 2.62. The van der Waals surface area contributed by atoms with Crippen LogP contribution >= 0.6 is 0 Å². The number of carbonyl (C=O) groups is 1. The Morgan fingerprint density at radius 3 is 3.05 bits per heavy atom. The van der Waals surface area contributed by atoms with Gasteiger partial charge < -0.3 is 10.6 Å². The van der Waals surface area contributed by atoms with Crippen molar-refractivity contribution in [1.29, 1.82) is 5.26 Å². The molecule has 2 aromatic rings. The predicted octanol–water partition coefficient (Wildman–Crippen LogP) is 1.38. The molecule has 0 saturated carbocycles. The van der Waals surface area contributed by atoms with E-state index in [1.165, 1.54) is 30.1 Å². The minimum atomic E-state index is -0.588. The lowest BCUT2D eigenvalue weighted by Gasteiger charge is -2.05. The second-order valence-electron chi connectivity index (χ2n) is 4.00. The van der Waals surface area contributed by atoms with E-state index in [1.54, 1.807) is 18.3 Å². The number of nitrogens with one attached hydrogen (secondary N) is 2. The molecule has 2 N–H and O–H groups in total. The molecule has 0 radical (unpaired) electrons. The van der Waals surface area contributed by atoms with Gasteiger partial charge in [-0.05, 0) is 12.1 Å². The Balaban J connectivity index is 2.17. The lowest BCUT2D eigenvalue weighted by molar-refractivity contribution is -0.121. The van der Waals surface area contributed by atoms with Crippen molar-refractivity contribution in [1.82, 2.24) is 15.1 Å². The van der Waals surface area contributed by atoms with Crippen LogP contribution in [0.15, 0.2) is 30.6 Å². The van der Waals surface area contributed by atoms with Crippen molar-refractivity contribution in [3.05, 3.63) is 42.0 Å². The summed E-state index contributed by atoms with van der Waals surface area (Å²) in [6.07, 6.45) is 3.09. The molecule has 1 aromatic carbocycles. The first-order chi connectivity index (χ1) is 9.63. The van der Waals surface area contributed by atoms with Gasteiger partial charge in [0.25, 0.3) is 0 Å². The maximum atomic E-state index is 13.4. The quantitative estimate of drug-likeness (QED) is 0.881. The van der Waals surface area contributed by atoms with Gasteiger partial charge in [0.05, 0.1) is 17.6 Å². The lowest BCUT2D eigenvalue weighted by Crippen LogP contribution is -2.23. The van der Waals surface area contributed by atoms with Crippen molar-refractivity contribution in [3.8, 4) is 6.07 Å². The molecular formula is C13H12FN5O. The molecule has 102 valence electrons. The first-order valence-corrected chi connectivity index (χ1v) is 5.82. The van der Waals surface area contributed by atoms with Crippen molar-refractivity contribution >= 4 is 17.3 Å². The molecule has 1 aromatic heterocycles. The van der Waals surface area contributed by atoms with E-state index in [0.29, 0.717) is 11.4 Å². The van der Waals surface area contributed by atoms with E-state index in [9.17, 15) is 9.18 Å². The van der Waals surface area contributed by atoms with E-state index < -0.39 is 5.82 Å². The standard InChI is InChI=1S/C13H12FN5O/c1-16-13(20)8-19-7-9(6-17-19)18-12-4-2-3-11(14)10(12)5-15/h2-4,6-7,18H,8H2,1H3,(H,16,20). The van der Waals surface area contributed by atoms with Crippen LogP contribution in [-0.2, 0) is 11.3 Å². The topological polar surface area (TPSA) is 82.7 Å². The summed E-state index contributed by atoms with van der Waals surface area (Å²) >= 11 is 0. The number of likely N-dealkylation sites (N-methyl/N-ethyl adjacent to an activating group) is 1. The van der Waals surface area contributed by atoms with Gasteiger partial charge in [-0.15, -0.1) is 0 Å². The number of hydrogen-bond acceptors (Lipinski definition) is 4. The fourth-order valence-corrected chi connectivity index (χ4v) is 1.64. The SMILES string of the molecule is CNC(=O)Cn1cc(Nc2cccc(F)c2C#N)cn1. The van der Waals surface area contributed by atoms with Crippen LogP contribution in [0.1, 0.15) is 5.56 Å². The summed E-state index contributed by atoms with van der Waals surface area (Å²) in [5.41, 5.74) is 0.856. The predicted molar refractivity (Wildman–Crippen MR) is 70.7 cm³/mol. The fourth-order valence-electron chi connectivity index (χ4n) is 1.64. The number of nitriles is 1. The number of amides is 1. The molecule has 0 aliphatic rings. The zero-order chi connectivity index (χ0) is 14.5. The summed E-state index contributed by atoms with van der Waals surface area (Å²) in [6.45, 7) is 0.0897. The van der Waals surface area contributed by atoms with Gasteiger partial charge in [0.15, 0.2) is 0 Å². The molecule has 0 bridgehead atoms. The largest absolute Gasteiger partial charge is 0.358 e. The number of rotatable bonds is 4. The highest BCUT2D eigenvalue weighted by Gasteiger charge is 2.09. The Hall–Kier alpha value is -2.88. The molecular weight excluding hydrogens is 261 g/mol. The minimum Gasteiger partial charge on any atom is -0.358 e. The molecule has 0 spiro atoms. The molecule has 0 aliphatic carbocycles. The van der Waals surface area contributed by atoms with Crippen molar-refractivity contribution in [2.45, 2.75) is 6.54 Å². The smallest absolute Gasteiger partial charge is 0.241 e. The van der Waals surface area contributed by atoms with Gasteiger partial charge in [0.1, 0.15) is 24.0 Å². The minimum absolute atomic E-state index is 0.0634. The van der Waals surface area contributed by atoms with Crippen LogP contribution in [0.2, 0.25) is 0 Å². The summed E-state index contributed by atoms with van der Waals surface area (Å²) in [7, 11) is 1.54. The second-order valence-corrected chi connectivity index (χ2v) is 4.00. The number of hydrogen-bond donors (Lipinski definition) is 2. The van der Waals surface area contributed by atoms with Crippen molar-refractivity contribution in [2.75, 3.05) is 12.4 Å². The van der Waals surface area contributed by atoms with Crippen LogP contribution in [0.5, 0.6) is 0 Å². The maximum Gasteiger partial charge on any atom is 0.241 e. The number of nitrogens with zero attached hydrogens (tertiary/aromatic N) is 3. The Bertz CT molecular complexity index is 674.